The first-order valence-electron chi connectivity index (χ1n) is 11.0. The van der Waals surface area contributed by atoms with Crippen LogP contribution < -0.4 is 10.1 Å². The topological polar surface area (TPSA) is 96.7 Å². The Morgan fingerprint density at radius 2 is 1.97 bits per heavy atom. The molecule has 9 heteroatoms. The van der Waals surface area contributed by atoms with Gasteiger partial charge < -0.3 is 15.2 Å². The highest BCUT2D eigenvalue weighted by Crippen LogP contribution is 2.36. The van der Waals surface area contributed by atoms with Crippen LogP contribution in [0.4, 0.5) is 16.0 Å². The highest BCUT2D eigenvalue weighted by atomic mass is 35.5. The van der Waals surface area contributed by atoms with Gasteiger partial charge in [-0.3, -0.25) is 4.99 Å². The van der Waals surface area contributed by atoms with Crippen molar-refractivity contribution in [1.29, 1.82) is 0 Å². The second-order valence-electron chi connectivity index (χ2n) is 8.20. The molecular formula is C27H20ClFN4O3. The van der Waals surface area contributed by atoms with E-state index in [1.54, 1.807) is 49.5 Å². The largest absolute Gasteiger partial charge is 0.496 e. The molecule has 2 heterocycles. The van der Waals surface area contributed by atoms with Gasteiger partial charge in [0.05, 0.1) is 36.2 Å². The van der Waals surface area contributed by atoms with Crippen molar-refractivity contribution in [3.05, 3.63) is 99.5 Å². The van der Waals surface area contributed by atoms with Crippen LogP contribution >= 0.6 is 11.6 Å². The molecule has 0 unspecified atom stereocenters. The van der Waals surface area contributed by atoms with Crippen LogP contribution in [0.1, 0.15) is 32.6 Å². The molecule has 0 radical (unpaired) electrons. The Morgan fingerprint density at radius 1 is 1.14 bits per heavy atom. The van der Waals surface area contributed by atoms with Crippen molar-refractivity contribution in [3.63, 3.8) is 0 Å². The molecule has 5 rings (SSSR count). The number of hydrogen-bond donors (Lipinski definition) is 2. The Balaban J connectivity index is 1.60. The molecule has 2 N–H and O–H groups in total. The summed E-state index contributed by atoms with van der Waals surface area (Å²) < 4.78 is 20.5. The number of carboxylic acids is 1. The average Bonchev–Trinajstić information content (AvgIpc) is 3.00. The minimum Gasteiger partial charge on any atom is -0.496 e. The number of aryl methyl sites for hydroxylation is 1. The van der Waals surface area contributed by atoms with Crippen LogP contribution in [0.2, 0.25) is 5.02 Å². The lowest BCUT2D eigenvalue weighted by atomic mass is 9.94. The quantitative estimate of drug-likeness (QED) is 0.345. The zero-order valence-electron chi connectivity index (χ0n) is 19.3. The first-order valence-corrected chi connectivity index (χ1v) is 11.4. The van der Waals surface area contributed by atoms with Gasteiger partial charge in [0, 0.05) is 33.6 Å². The Kier molecular flexibility index (Phi) is 6.12. The summed E-state index contributed by atoms with van der Waals surface area (Å²) in [5, 5.41) is 12.9. The number of aromatic nitrogens is 2. The number of methoxy groups -OCH3 is 1. The predicted molar refractivity (Wildman–Crippen MR) is 136 cm³/mol. The lowest BCUT2D eigenvalue weighted by Gasteiger charge is -2.15. The van der Waals surface area contributed by atoms with E-state index in [0.29, 0.717) is 44.9 Å². The fourth-order valence-corrected chi connectivity index (χ4v) is 4.38. The molecule has 7 nitrogen and oxygen atoms in total. The summed E-state index contributed by atoms with van der Waals surface area (Å²) in [6, 6.07) is 14.8. The van der Waals surface area contributed by atoms with E-state index in [9.17, 15) is 9.90 Å². The zero-order valence-corrected chi connectivity index (χ0v) is 20.1. The number of benzene rings is 3. The number of fused-ring (bicyclic) bond motifs is 3. The van der Waals surface area contributed by atoms with E-state index < -0.39 is 11.8 Å². The van der Waals surface area contributed by atoms with E-state index in [0.717, 1.165) is 11.1 Å². The number of nitrogens with zero attached hydrogens (tertiary/aromatic N) is 3. The molecule has 3 aromatic carbocycles. The van der Waals surface area contributed by atoms with E-state index in [1.807, 2.05) is 6.07 Å². The molecule has 0 spiro atoms. The highest BCUT2D eigenvalue weighted by molar-refractivity contribution is 6.31. The number of carbonyl (C=O) groups is 1. The molecule has 0 fully saturated rings. The smallest absolute Gasteiger partial charge is 0.335 e. The van der Waals surface area contributed by atoms with Crippen molar-refractivity contribution in [3.8, 4) is 17.0 Å². The number of hydrogen-bond acceptors (Lipinski definition) is 6. The third kappa shape index (κ3) is 4.27. The molecule has 180 valence electrons. The number of rotatable bonds is 5. The van der Waals surface area contributed by atoms with E-state index in [-0.39, 0.29) is 17.7 Å². The van der Waals surface area contributed by atoms with Crippen LogP contribution in [0.3, 0.4) is 0 Å². The van der Waals surface area contributed by atoms with Crippen molar-refractivity contribution >= 4 is 34.9 Å². The second-order valence-corrected chi connectivity index (χ2v) is 8.64. The summed E-state index contributed by atoms with van der Waals surface area (Å²) in [6.07, 6.45) is 1.67. The lowest BCUT2D eigenvalue weighted by molar-refractivity contribution is 0.0696. The van der Waals surface area contributed by atoms with Crippen LogP contribution in [-0.2, 0) is 6.54 Å². The van der Waals surface area contributed by atoms with Gasteiger partial charge in [-0.15, -0.1) is 0 Å². The highest BCUT2D eigenvalue weighted by Gasteiger charge is 2.25. The maximum absolute atomic E-state index is 15.0. The van der Waals surface area contributed by atoms with Crippen LogP contribution in [0.5, 0.6) is 5.75 Å². The van der Waals surface area contributed by atoms with Gasteiger partial charge >= 0.3 is 5.97 Å². The molecule has 0 saturated heterocycles. The predicted octanol–water partition coefficient (Wildman–Crippen LogP) is 6.05. The third-order valence-corrected chi connectivity index (χ3v) is 6.14. The van der Waals surface area contributed by atoms with Gasteiger partial charge in [-0.2, -0.15) is 0 Å². The Hall–Kier alpha value is -4.30. The van der Waals surface area contributed by atoms with Crippen molar-refractivity contribution in [2.24, 2.45) is 4.99 Å². The van der Waals surface area contributed by atoms with Crippen molar-refractivity contribution < 1.29 is 19.0 Å². The summed E-state index contributed by atoms with van der Waals surface area (Å²) in [6.45, 7) is 1.95. The molecule has 0 amide bonds. The summed E-state index contributed by atoms with van der Waals surface area (Å²) in [5.41, 5.74) is 4.87. The maximum atomic E-state index is 15.0. The first kappa shape index (κ1) is 23.4. The van der Waals surface area contributed by atoms with Gasteiger partial charge in [-0.1, -0.05) is 23.7 Å². The molecule has 0 atom stereocenters. The molecular weight excluding hydrogens is 483 g/mol. The van der Waals surface area contributed by atoms with Gasteiger partial charge in [0.25, 0.3) is 0 Å². The summed E-state index contributed by atoms with van der Waals surface area (Å²) in [5.74, 6) is -0.764. The zero-order chi connectivity index (χ0) is 25.4. The molecule has 0 aliphatic carbocycles. The first-order chi connectivity index (χ1) is 17.4. The minimum atomic E-state index is -0.988. The number of aliphatic imine (C=N–C) groups is 1. The minimum absolute atomic E-state index is 0.223. The molecule has 0 saturated carbocycles. The monoisotopic (exact) mass is 502 g/mol. The number of anilines is 2. The maximum Gasteiger partial charge on any atom is 0.335 e. The molecule has 4 aromatic rings. The fourth-order valence-electron chi connectivity index (χ4n) is 4.21. The lowest BCUT2D eigenvalue weighted by Crippen LogP contribution is -2.09. The molecule has 36 heavy (non-hydrogen) atoms. The number of carboxylic acid groups (broad SMARTS) is 1. The third-order valence-electron chi connectivity index (χ3n) is 5.91. The van der Waals surface area contributed by atoms with E-state index in [1.165, 1.54) is 19.2 Å². The number of ether oxygens (including phenoxy) is 1. The SMILES string of the molecule is COc1cccc(F)c1C1=NCc2cnc(Nc3ccc(C(=O)O)c(C)c3)nc2-c2ccc(Cl)cc21. The van der Waals surface area contributed by atoms with Gasteiger partial charge in [0.2, 0.25) is 5.95 Å². The molecule has 0 bridgehead atoms. The summed E-state index contributed by atoms with van der Waals surface area (Å²) in [7, 11) is 1.48. The molecule has 1 aliphatic rings. The van der Waals surface area contributed by atoms with Crippen LogP contribution in [0, 0.1) is 12.7 Å². The van der Waals surface area contributed by atoms with Crippen molar-refractivity contribution in [2.75, 3.05) is 12.4 Å². The van der Waals surface area contributed by atoms with Crippen LogP contribution in [0.25, 0.3) is 11.3 Å². The van der Waals surface area contributed by atoms with Gasteiger partial charge in [-0.05, 0) is 55.0 Å². The van der Waals surface area contributed by atoms with Crippen LogP contribution in [0.15, 0.2) is 65.8 Å². The number of nitrogens with one attached hydrogen (secondary N) is 1. The van der Waals surface area contributed by atoms with E-state index >= 15 is 4.39 Å². The van der Waals surface area contributed by atoms with Gasteiger partial charge in [0.1, 0.15) is 11.6 Å². The molecule has 1 aliphatic heterocycles. The summed E-state index contributed by atoms with van der Waals surface area (Å²) >= 11 is 6.34. The van der Waals surface area contributed by atoms with E-state index in [2.05, 4.69) is 10.3 Å². The Bertz CT molecular complexity index is 1550. The molecule has 1 aromatic heterocycles. The number of aromatic carboxylic acids is 1. The normalized spacial score (nSPS) is 12.2. The average molecular weight is 503 g/mol. The van der Waals surface area contributed by atoms with Crippen molar-refractivity contribution in [2.45, 2.75) is 13.5 Å². The fraction of sp³-hybridized carbons (Fsp3) is 0.111. The van der Waals surface area contributed by atoms with E-state index in [4.69, 9.17) is 26.3 Å². The Labute approximate surface area is 211 Å². The standard InChI is InChI=1S/C27H20ClFN4O3/c1-14-10-17(7-9-18(14)26(34)35)32-27-31-13-15-12-30-25(23-21(29)4-3-5-22(23)36-2)20-11-16(28)6-8-19(20)24(15)33-27/h3-11,13H,12H2,1-2H3,(H,34,35)(H,31,32,33). The van der Waals surface area contributed by atoms with Crippen molar-refractivity contribution in [1.82, 2.24) is 9.97 Å². The second kappa shape index (κ2) is 9.39. The summed E-state index contributed by atoms with van der Waals surface area (Å²) in [4.78, 5) is 25.2. The van der Waals surface area contributed by atoms with Gasteiger partial charge in [0.15, 0.2) is 0 Å². The van der Waals surface area contributed by atoms with Gasteiger partial charge in [-0.25, -0.2) is 19.2 Å². The van der Waals surface area contributed by atoms with Crippen LogP contribution in [-0.4, -0.2) is 33.9 Å². The Morgan fingerprint density at radius 3 is 2.72 bits per heavy atom. The number of halogens is 2.